The van der Waals surface area contributed by atoms with Crippen LogP contribution in [0.5, 0.6) is 0 Å². The zero-order chi connectivity index (χ0) is 10.1. The molecule has 0 radical (unpaired) electrons. The molecule has 0 saturated heterocycles. The number of nitrogens with one attached hydrogen (secondary N) is 1. The van der Waals surface area contributed by atoms with Gasteiger partial charge in [-0.1, -0.05) is 0 Å². The van der Waals surface area contributed by atoms with Crippen LogP contribution in [-0.4, -0.2) is 21.3 Å². The molecule has 0 aliphatic rings. The Kier molecular flexibility index (Phi) is 2.31. The van der Waals surface area contributed by atoms with Gasteiger partial charge in [-0.25, -0.2) is 0 Å². The Balaban J connectivity index is 2.86. The first-order chi connectivity index (χ1) is 5.92. The Morgan fingerprint density at radius 2 is 2.38 bits per heavy atom. The van der Waals surface area contributed by atoms with Gasteiger partial charge in [0.15, 0.2) is 0 Å². The summed E-state index contributed by atoms with van der Waals surface area (Å²) >= 11 is 0. The van der Waals surface area contributed by atoms with E-state index in [4.69, 9.17) is 5.11 Å². The Morgan fingerprint density at radius 1 is 1.77 bits per heavy atom. The van der Waals surface area contributed by atoms with Gasteiger partial charge in [-0.2, -0.15) is 13.9 Å². The number of carbonyl (C=O) groups is 1. The molecule has 0 spiro atoms. The number of rotatable bonds is 3. The number of carboxylic acids is 1. The number of aliphatic carboxylic acids is 1. The number of aryl methyl sites for hydroxylation is 1. The van der Waals surface area contributed by atoms with Gasteiger partial charge in [0.1, 0.15) is 12.1 Å². The molecular formula is C7H8F2N2O2. The lowest BCUT2D eigenvalue weighted by Gasteiger charge is -2.09. The summed E-state index contributed by atoms with van der Waals surface area (Å²) < 4.78 is 25.9. The van der Waals surface area contributed by atoms with Gasteiger partial charge in [0.2, 0.25) is 0 Å². The monoisotopic (exact) mass is 190 g/mol. The Labute approximate surface area is 72.6 Å². The lowest BCUT2D eigenvalue weighted by molar-refractivity contribution is -0.145. The highest BCUT2D eigenvalue weighted by Crippen LogP contribution is 2.30. The number of hydrogen-bond donors (Lipinski definition) is 2. The third-order valence-electron chi connectivity index (χ3n) is 1.45. The molecule has 0 saturated carbocycles. The number of aromatic nitrogens is 2. The van der Waals surface area contributed by atoms with Crippen molar-refractivity contribution in [2.75, 3.05) is 0 Å². The van der Waals surface area contributed by atoms with Crippen molar-refractivity contribution in [2.45, 2.75) is 19.3 Å². The van der Waals surface area contributed by atoms with Crippen molar-refractivity contribution in [2.24, 2.45) is 0 Å². The van der Waals surface area contributed by atoms with E-state index in [0.717, 1.165) is 6.07 Å². The molecule has 0 aromatic carbocycles. The van der Waals surface area contributed by atoms with Crippen LogP contribution in [0.15, 0.2) is 6.07 Å². The van der Waals surface area contributed by atoms with Crippen LogP contribution in [0.3, 0.4) is 0 Å². The van der Waals surface area contributed by atoms with Crippen LogP contribution >= 0.6 is 0 Å². The van der Waals surface area contributed by atoms with Gasteiger partial charge in [0.25, 0.3) is 0 Å². The van der Waals surface area contributed by atoms with Crippen LogP contribution in [0, 0.1) is 6.92 Å². The minimum atomic E-state index is -3.41. The molecule has 0 aliphatic heterocycles. The predicted octanol–water partition coefficient (Wildman–Crippen LogP) is 1.28. The average molecular weight is 190 g/mol. The highest BCUT2D eigenvalue weighted by molar-refractivity contribution is 5.68. The van der Waals surface area contributed by atoms with Crippen molar-refractivity contribution in [1.29, 1.82) is 0 Å². The molecule has 2 N–H and O–H groups in total. The summed E-state index contributed by atoms with van der Waals surface area (Å²) in [7, 11) is 0. The molecule has 0 fully saturated rings. The summed E-state index contributed by atoms with van der Waals surface area (Å²) in [5, 5.41) is 13.8. The fraction of sp³-hybridized carbons (Fsp3) is 0.429. The lowest BCUT2D eigenvalue weighted by atomic mass is 10.1. The zero-order valence-corrected chi connectivity index (χ0v) is 6.84. The third kappa shape index (κ3) is 2.24. The number of halogens is 2. The fourth-order valence-corrected chi connectivity index (χ4v) is 0.886. The summed E-state index contributed by atoms with van der Waals surface area (Å²) in [6.07, 6.45) is -1.24. The molecule has 4 nitrogen and oxygen atoms in total. The average Bonchev–Trinajstić information content (AvgIpc) is 2.32. The Bertz CT molecular complexity index is 322. The maximum absolute atomic E-state index is 13.0. The van der Waals surface area contributed by atoms with Gasteiger partial charge >= 0.3 is 11.9 Å². The van der Waals surface area contributed by atoms with E-state index in [0.29, 0.717) is 5.69 Å². The number of nitrogens with zero attached hydrogens (tertiary/aromatic N) is 1. The Hall–Kier alpha value is -1.46. The van der Waals surface area contributed by atoms with Crippen molar-refractivity contribution in [3.05, 3.63) is 17.5 Å². The standard InChI is InChI=1S/C7H8F2N2O2/c1-4-2-5(11-10-4)7(8,9)3-6(12)13/h2H,3H2,1H3,(H,10,11)(H,12,13). The second-order valence-corrected chi connectivity index (χ2v) is 2.71. The zero-order valence-electron chi connectivity index (χ0n) is 6.84. The topological polar surface area (TPSA) is 66.0 Å². The predicted molar refractivity (Wildman–Crippen MR) is 39.5 cm³/mol. The van der Waals surface area contributed by atoms with Crippen LogP contribution in [0.1, 0.15) is 17.8 Å². The van der Waals surface area contributed by atoms with Crippen LogP contribution in [0.25, 0.3) is 0 Å². The largest absolute Gasteiger partial charge is 0.481 e. The quantitative estimate of drug-likeness (QED) is 0.754. The molecule has 0 unspecified atom stereocenters. The molecule has 0 aliphatic carbocycles. The maximum atomic E-state index is 13.0. The van der Waals surface area contributed by atoms with E-state index >= 15 is 0 Å². The number of aromatic amines is 1. The maximum Gasteiger partial charge on any atom is 0.309 e. The van der Waals surface area contributed by atoms with Crippen molar-refractivity contribution in [3.63, 3.8) is 0 Å². The molecular weight excluding hydrogens is 182 g/mol. The van der Waals surface area contributed by atoms with E-state index in [-0.39, 0.29) is 0 Å². The molecule has 6 heteroatoms. The van der Waals surface area contributed by atoms with Crippen molar-refractivity contribution < 1.29 is 18.7 Å². The number of hydrogen-bond acceptors (Lipinski definition) is 2. The van der Waals surface area contributed by atoms with Gasteiger partial charge in [0, 0.05) is 5.69 Å². The van der Waals surface area contributed by atoms with Crippen LogP contribution in [0.4, 0.5) is 8.78 Å². The molecule has 1 heterocycles. The van der Waals surface area contributed by atoms with Crippen LogP contribution in [0.2, 0.25) is 0 Å². The summed E-state index contributed by atoms with van der Waals surface area (Å²) in [6.45, 7) is 1.56. The van der Waals surface area contributed by atoms with Crippen molar-refractivity contribution in [1.82, 2.24) is 10.2 Å². The van der Waals surface area contributed by atoms with Gasteiger partial charge < -0.3 is 5.11 Å². The van der Waals surface area contributed by atoms with Crippen molar-refractivity contribution in [3.8, 4) is 0 Å². The summed E-state index contributed by atoms with van der Waals surface area (Å²) in [5.41, 5.74) is -0.0625. The number of H-pyrrole nitrogens is 1. The van der Waals surface area contributed by atoms with E-state index in [2.05, 4.69) is 10.2 Å². The van der Waals surface area contributed by atoms with E-state index < -0.39 is 24.0 Å². The first kappa shape index (κ1) is 9.63. The lowest BCUT2D eigenvalue weighted by Crippen LogP contribution is -2.18. The summed E-state index contributed by atoms with van der Waals surface area (Å²) in [6, 6.07) is 1.13. The van der Waals surface area contributed by atoms with E-state index in [1.807, 2.05) is 0 Å². The second kappa shape index (κ2) is 3.12. The third-order valence-corrected chi connectivity index (χ3v) is 1.45. The number of carboxylic acid groups (broad SMARTS) is 1. The van der Waals surface area contributed by atoms with Gasteiger partial charge in [-0.3, -0.25) is 9.89 Å². The van der Waals surface area contributed by atoms with Crippen LogP contribution in [-0.2, 0) is 10.7 Å². The summed E-state index contributed by atoms with van der Waals surface area (Å²) in [4.78, 5) is 10.1. The Morgan fingerprint density at radius 3 is 2.77 bits per heavy atom. The molecule has 1 aromatic rings. The molecule has 1 aromatic heterocycles. The van der Waals surface area contributed by atoms with Crippen LogP contribution < -0.4 is 0 Å². The second-order valence-electron chi connectivity index (χ2n) is 2.71. The van der Waals surface area contributed by atoms with E-state index in [1.165, 1.54) is 0 Å². The number of alkyl halides is 2. The molecule has 1 rings (SSSR count). The summed E-state index contributed by atoms with van der Waals surface area (Å²) in [5.74, 6) is -4.96. The smallest absolute Gasteiger partial charge is 0.309 e. The fourth-order valence-electron chi connectivity index (χ4n) is 0.886. The first-order valence-electron chi connectivity index (χ1n) is 3.54. The van der Waals surface area contributed by atoms with Gasteiger partial charge in [0.05, 0.1) is 0 Å². The highest BCUT2D eigenvalue weighted by atomic mass is 19.3. The SMILES string of the molecule is Cc1cc(C(F)(F)CC(=O)O)n[nH]1. The molecule has 0 bridgehead atoms. The molecule has 72 valence electrons. The minimum Gasteiger partial charge on any atom is -0.481 e. The van der Waals surface area contributed by atoms with E-state index in [9.17, 15) is 13.6 Å². The van der Waals surface area contributed by atoms with Crippen molar-refractivity contribution >= 4 is 5.97 Å². The molecule has 0 atom stereocenters. The minimum absolute atomic E-state index is 0.472. The van der Waals surface area contributed by atoms with Gasteiger partial charge in [-0.05, 0) is 13.0 Å². The van der Waals surface area contributed by atoms with E-state index in [1.54, 1.807) is 6.92 Å². The first-order valence-corrected chi connectivity index (χ1v) is 3.54. The van der Waals surface area contributed by atoms with Gasteiger partial charge in [-0.15, -0.1) is 0 Å². The normalized spacial score (nSPS) is 11.6. The molecule has 13 heavy (non-hydrogen) atoms. The molecule has 0 amide bonds. The highest BCUT2D eigenvalue weighted by Gasteiger charge is 2.37.